The summed E-state index contributed by atoms with van der Waals surface area (Å²) in [5, 5.41) is 11.2. The molecule has 2 aromatic rings. The molecule has 1 amide bonds. The predicted molar refractivity (Wildman–Crippen MR) is 81.5 cm³/mol. The number of para-hydroxylation sites is 1. The highest BCUT2D eigenvalue weighted by atomic mass is 16.6. The molecule has 0 bridgehead atoms. The van der Waals surface area contributed by atoms with Crippen LogP contribution in [0.3, 0.4) is 0 Å². The minimum absolute atomic E-state index is 0.0426. The van der Waals surface area contributed by atoms with E-state index in [4.69, 9.17) is 4.74 Å². The monoisotopic (exact) mass is 298 g/mol. The maximum atomic E-state index is 12.8. The summed E-state index contributed by atoms with van der Waals surface area (Å²) in [6.45, 7) is 0.520. The highest BCUT2D eigenvalue weighted by Gasteiger charge is 2.30. The molecule has 0 aromatic heterocycles. The zero-order chi connectivity index (χ0) is 15.7. The average molecular weight is 298 g/mol. The molecule has 0 saturated heterocycles. The topological polar surface area (TPSA) is 72.7 Å². The van der Waals surface area contributed by atoms with Crippen molar-refractivity contribution in [2.24, 2.45) is 0 Å². The first-order chi connectivity index (χ1) is 10.6. The molecule has 6 heteroatoms. The SMILES string of the molecule is COc1ccc([N+](=O)[O-])c(C(=O)N2CCc3ccccc32)c1. The lowest BCUT2D eigenvalue weighted by Crippen LogP contribution is -2.29. The standard InChI is InChI=1S/C16H14N2O4/c1-22-12-6-7-15(18(20)21)13(10-12)16(19)17-9-8-11-4-2-3-5-14(11)17/h2-7,10H,8-9H2,1H3. The first-order valence-electron chi connectivity index (χ1n) is 6.84. The molecule has 6 nitrogen and oxygen atoms in total. The third kappa shape index (κ3) is 2.28. The number of benzene rings is 2. The van der Waals surface area contributed by atoms with E-state index in [0.717, 1.165) is 17.7 Å². The quantitative estimate of drug-likeness (QED) is 0.645. The fraction of sp³-hybridized carbons (Fsp3) is 0.188. The van der Waals surface area contributed by atoms with E-state index in [9.17, 15) is 14.9 Å². The highest BCUT2D eigenvalue weighted by Crippen LogP contribution is 2.32. The van der Waals surface area contributed by atoms with Gasteiger partial charge in [-0.1, -0.05) is 18.2 Å². The van der Waals surface area contributed by atoms with E-state index in [1.165, 1.54) is 25.3 Å². The molecule has 3 rings (SSSR count). The second-order valence-electron chi connectivity index (χ2n) is 4.98. The van der Waals surface area contributed by atoms with Crippen molar-refractivity contribution in [2.45, 2.75) is 6.42 Å². The number of methoxy groups -OCH3 is 1. The van der Waals surface area contributed by atoms with Crippen LogP contribution in [0.2, 0.25) is 0 Å². The summed E-state index contributed by atoms with van der Waals surface area (Å²) >= 11 is 0. The number of amides is 1. The second kappa shape index (κ2) is 5.48. The van der Waals surface area contributed by atoms with Gasteiger partial charge in [-0.15, -0.1) is 0 Å². The van der Waals surface area contributed by atoms with Crippen molar-refractivity contribution in [3.63, 3.8) is 0 Å². The minimum atomic E-state index is -0.547. The van der Waals surface area contributed by atoms with Crippen LogP contribution in [0.4, 0.5) is 11.4 Å². The molecule has 22 heavy (non-hydrogen) atoms. The molecule has 0 spiro atoms. The van der Waals surface area contributed by atoms with Gasteiger partial charge in [-0.05, 0) is 30.2 Å². The van der Waals surface area contributed by atoms with Crippen LogP contribution < -0.4 is 9.64 Å². The summed E-state index contributed by atoms with van der Waals surface area (Å²) in [6, 6.07) is 11.8. The van der Waals surface area contributed by atoms with Crippen LogP contribution in [0, 0.1) is 10.1 Å². The van der Waals surface area contributed by atoms with Gasteiger partial charge in [0, 0.05) is 18.3 Å². The summed E-state index contributed by atoms with van der Waals surface area (Å²) in [5.74, 6) is 0.0389. The van der Waals surface area contributed by atoms with Crippen molar-refractivity contribution < 1.29 is 14.5 Å². The molecule has 0 fully saturated rings. The molecule has 2 aromatic carbocycles. The first-order valence-corrected chi connectivity index (χ1v) is 6.84. The van der Waals surface area contributed by atoms with Gasteiger partial charge in [0.2, 0.25) is 0 Å². The lowest BCUT2D eigenvalue weighted by molar-refractivity contribution is -0.385. The average Bonchev–Trinajstić information content (AvgIpc) is 2.97. The first kappa shape index (κ1) is 14.1. The van der Waals surface area contributed by atoms with Crippen LogP contribution in [-0.2, 0) is 6.42 Å². The van der Waals surface area contributed by atoms with Crippen LogP contribution in [-0.4, -0.2) is 24.5 Å². The number of nitro benzene ring substituents is 1. The van der Waals surface area contributed by atoms with E-state index in [0.29, 0.717) is 12.3 Å². The van der Waals surface area contributed by atoms with Gasteiger partial charge < -0.3 is 9.64 Å². The van der Waals surface area contributed by atoms with E-state index >= 15 is 0 Å². The number of hydrogen-bond donors (Lipinski definition) is 0. The largest absolute Gasteiger partial charge is 0.497 e. The Morgan fingerprint density at radius 3 is 2.77 bits per heavy atom. The summed E-state index contributed by atoms with van der Waals surface area (Å²) in [6.07, 6.45) is 0.750. The fourth-order valence-electron chi connectivity index (χ4n) is 2.67. The molecule has 1 heterocycles. The van der Waals surface area contributed by atoms with Crippen LogP contribution in [0.5, 0.6) is 5.75 Å². The van der Waals surface area contributed by atoms with Crippen LogP contribution in [0.15, 0.2) is 42.5 Å². The molecule has 1 aliphatic rings. The lowest BCUT2D eigenvalue weighted by Gasteiger charge is -2.17. The predicted octanol–water partition coefficient (Wildman–Crippen LogP) is 2.81. The van der Waals surface area contributed by atoms with Gasteiger partial charge in [0.05, 0.1) is 12.0 Å². The van der Waals surface area contributed by atoms with Crippen molar-refractivity contribution in [3.8, 4) is 5.75 Å². The van der Waals surface area contributed by atoms with E-state index in [1.807, 2.05) is 24.3 Å². The molecule has 112 valence electrons. The summed E-state index contributed by atoms with van der Waals surface area (Å²) < 4.78 is 5.08. The van der Waals surface area contributed by atoms with E-state index in [1.54, 1.807) is 4.90 Å². The Morgan fingerprint density at radius 2 is 2.05 bits per heavy atom. The molecule has 0 atom stereocenters. The van der Waals surface area contributed by atoms with Crippen LogP contribution >= 0.6 is 0 Å². The fourth-order valence-corrected chi connectivity index (χ4v) is 2.67. The van der Waals surface area contributed by atoms with Gasteiger partial charge in [-0.2, -0.15) is 0 Å². The van der Waals surface area contributed by atoms with Gasteiger partial charge in [0.15, 0.2) is 0 Å². The molecule has 0 unspecified atom stereocenters. The van der Waals surface area contributed by atoms with Gasteiger partial charge in [0.25, 0.3) is 11.6 Å². The summed E-state index contributed by atoms with van der Waals surface area (Å²) in [4.78, 5) is 25.0. The van der Waals surface area contributed by atoms with E-state index in [2.05, 4.69) is 0 Å². The van der Waals surface area contributed by atoms with Gasteiger partial charge in [-0.25, -0.2) is 0 Å². The number of carbonyl (C=O) groups excluding carboxylic acids is 1. The molecular weight excluding hydrogens is 284 g/mol. The Labute approximate surface area is 127 Å². The third-order valence-electron chi connectivity index (χ3n) is 3.76. The zero-order valence-corrected chi connectivity index (χ0v) is 12.0. The Bertz CT molecular complexity index is 758. The number of fused-ring (bicyclic) bond motifs is 1. The number of nitro groups is 1. The van der Waals surface area contributed by atoms with Crippen molar-refractivity contribution in [2.75, 3.05) is 18.6 Å². The molecule has 1 aliphatic heterocycles. The zero-order valence-electron chi connectivity index (χ0n) is 12.0. The van der Waals surface area contributed by atoms with Crippen LogP contribution in [0.25, 0.3) is 0 Å². The molecule has 0 aliphatic carbocycles. The Kier molecular flexibility index (Phi) is 3.50. The molecule has 0 N–H and O–H groups in total. The smallest absolute Gasteiger partial charge is 0.282 e. The number of hydrogen-bond acceptors (Lipinski definition) is 4. The Balaban J connectivity index is 2.04. The van der Waals surface area contributed by atoms with E-state index < -0.39 is 4.92 Å². The number of nitrogens with zero attached hydrogens (tertiary/aromatic N) is 2. The lowest BCUT2D eigenvalue weighted by atomic mass is 10.1. The molecular formula is C16H14N2O4. The van der Waals surface area contributed by atoms with Crippen molar-refractivity contribution in [3.05, 3.63) is 63.7 Å². The van der Waals surface area contributed by atoms with Crippen molar-refractivity contribution in [1.82, 2.24) is 0 Å². The highest BCUT2D eigenvalue weighted by molar-refractivity contribution is 6.10. The van der Waals surface area contributed by atoms with Crippen molar-refractivity contribution in [1.29, 1.82) is 0 Å². The van der Waals surface area contributed by atoms with E-state index in [-0.39, 0.29) is 17.2 Å². The Hall–Kier alpha value is -2.89. The number of anilines is 1. The summed E-state index contributed by atoms with van der Waals surface area (Å²) in [5.41, 5.74) is 1.71. The number of ether oxygens (including phenoxy) is 1. The number of rotatable bonds is 3. The van der Waals surface area contributed by atoms with Crippen LogP contribution in [0.1, 0.15) is 15.9 Å². The van der Waals surface area contributed by atoms with Gasteiger partial charge >= 0.3 is 0 Å². The summed E-state index contributed by atoms with van der Waals surface area (Å²) in [7, 11) is 1.46. The maximum absolute atomic E-state index is 12.8. The third-order valence-corrected chi connectivity index (χ3v) is 3.76. The molecule has 0 saturated carbocycles. The normalized spacial score (nSPS) is 12.9. The van der Waals surface area contributed by atoms with Gasteiger partial charge in [-0.3, -0.25) is 14.9 Å². The number of carbonyl (C=O) groups is 1. The second-order valence-corrected chi connectivity index (χ2v) is 4.98. The van der Waals surface area contributed by atoms with Crippen molar-refractivity contribution >= 4 is 17.3 Å². The maximum Gasteiger partial charge on any atom is 0.282 e. The van der Waals surface area contributed by atoms with Gasteiger partial charge in [0.1, 0.15) is 11.3 Å². The minimum Gasteiger partial charge on any atom is -0.497 e. The molecule has 0 radical (unpaired) electrons. The Morgan fingerprint density at radius 1 is 1.27 bits per heavy atom.